The Kier molecular flexibility index (Phi) is 4.82. The number of thiophene rings is 1. The quantitative estimate of drug-likeness (QED) is 0.921. The standard InChI is InChI=1S/C17H22N4O2S/c1-10-11(2)17(24-12(10)3)20-15(22)8-21-6-5-14-13(7-21)16(23-4)19-9-18-14/h9H,5-8H2,1-4H3,(H,20,22). The number of methoxy groups -OCH3 is 1. The molecule has 0 atom stereocenters. The average Bonchev–Trinajstić information content (AvgIpc) is 2.81. The van der Waals surface area contributed by atoms with E-state index in [1.54, 1.807) is 18.4 Å². The molecule has 0 bridgehead atoms. The molecule has 6 nitrogen and oxygen atoms in total. The Bertz CT molecular complexity index is 758. The Balaban J connectivity index is 1.66. The minimum atomic E-state index is 0.0126. The van der Waals surface area contributed by atoms with Crippen LogP contribution in [0.4, 0.5) is 5.00 Å². The summed E-state index contributed by atoms with van der Waals surface area (Å²) in [6.45, 7) is 8.01. The van der Waals surface area contributed by atoms with E-state index in [-0.39, 0.29) is 5.91 Å². The van der Waals surface area contributed by atoms with E-state index in [9.17, 15) is 4.79 Å². The number of ether oxygens (including phenoxy) is 1. The molecular weight excluding hydrogens is 324 g/mol. The van der Waals surface area contributed by atoms with E-state index in [1.165, 1.54) is 16.8 Å². The zero-order valence-electron chi connectivity index (χ0n) is 14.5. The Labute approximate surface area is 145 Å². The van der Waals surface area contributed by atoms with Crippen molar-refractivity contribution in [2.75, 3.05) is 25.5 Å². The lowest BCUT2D eigenvalue weighted by atomic mass is 10.1. The SMILES string of the molecule is COc1ncnc2c1CN(CC(=O)Nc1sc(C)c(C)c1C)CC2. The second kappa shape index (κ2) is 6.86. The first-order valence-corrected chi connectivity index (χ1v) is 8.76. The van der Waals surface area contributed by atoms with Gasteiger partial charge in [-0.25, -0.2) is 9.97 Å². The fourth-order valence-corrected chi connectivity index (χ4v) is 3.99. The lowest BCUT2D eigenvalue weighted by Crippen LogP contribution is -2.37. The Morgan fingerprint density at radius 3 is 2.79 bits per heavy atom. The highest BCUT2D eigenvalue weighted by Gasteiger charge is 2.23. The molecule has 7 heteroatoms. The van der Waals surface area contributed by atoms with E-state index in [1.807, 2.05) is 6.92 Å². The van der Waals surface area contributed by atoms with E-state index in [0.717, 1.165) is 34.8 Å². The van der Waals surface area contributed by atoms with Gasteiger partial charge in [-0.2, -0.15) is 0 Å². The fourth-order valence-electron chi connectivity index (χ4n) is 2.91. The van der Waals surface area contributed by atoms with E-state index >= 15 is 0 Å². The number of amides is 1. The summed E-state index contributed by atoms with van der Waals surface area (Å²) >= 11 is 1.64. The third-order valence-electron chi connectivity index (χ3n) is 4.54. The van der Waals surface area contributed by atoms with Crippen LogP contribution in [0.1, 0.15) is 27.3 Å². The highest BCUT2D eigenvalue weighted by atomic mass is 32.1. The average molecular weight is 346 g/mol. The lowest BCUT2D eigenvalue weighted by Gasteiger charge is -2.27. The van der Waals surface area contributed by atoms with E-state index < -0.39 is 0 Å². The van der Waals surface area contributed by atoms with Crippen molar-refractivity contribution in [3.8, 4) is 5.88 Å². The number of carbonyl (C=O) groups is 1. The van der Waals surface area contributed by atoms with Gasteiger partial charge in [0.15, 0.2) is 0 Å². The minimum absolute atomic E-state index is 0.0126. The molecule has 3 rings (SSSR count). The molecule has 1 aliphatic heterocycles. The largest absolute Gasteiger partial charge is 0.481 e. The maximum atomic E-state index is 12.4. The van der Waals surface area contributed by atoms with Gasteiger partial charge < -0.3 is 10.1 Å². The third kappa shape index (κ3) is 3.27. The van der Waals surface area contributed by atoms with E-state index in [4.69, 9.17) is 4.74 Å². The zero-order valence-corrected chi connectivity index (χ0v) is 15.3. The number of fused-ring (bicyclic) bond motifs is 1. The molecule has 0 aliphatic carbocycles. The first-order valence-electron chi connectivity index (χ1n) is 7.95. The van der Waals surface area contributed by atoms with Crippen molar-refractivity contribution < 1.29 is 9.53 Å². The monoisotopic (exact) mass is 346 g/mol. The summed E-state index contributed by atoms with van der Waals surface area (Å²) in [7, 11) is 1.61. The van der Waals surface area contributed by atoms with Gasteiger partial charge in [-0.3, -0.25) is 9.69 Å². The van der Waals surface area contributed by atoms with Gasteiger partial charge in [0.1, 0.15) is 6.33 Å². The van der Waals surface area contributed by atoms with Crippen LogP contribution < -0.4 is 10.1 Å². The Morgan fingerprint density at radius 2 is 2.12 bits per heavy atom. The topological polar surface area (TPSA) is 67.4 Å². The van der Waals surface area contributed by atoms with Gasteiger partial charge in [0, 0.05) is 30.0 Å². The van der Waals surface area contributed by atoms with E-state index in [2.05, 4.69) is 34.0 Å². The molecule has 0 spiro atoms. The summed E-state index contributed by atoms with van der Waals surface area (Å²) in [5, 5.41) is 4.00. The normalized spacial score (nSPS) is 14.3. The van der Waals surface area contributed by atoms with Gasteiger partial charge in [-0.05, 0) is 31.9 Å². The van der Waals surface area contributed by atoms with Gasteiger partial charge >= 0.3 is 0 Å². The minimum Gasteiger partial charge on any atom is -0.481 e. The number of anilines is 1. The van der Waals surface area contributed by atoms with Crippen LogP contribution in [-0.4, -0.2) is 41.0 Å². The Hall–Kier alpha value is -1.99. The van der Waals surface area contributed by atoms with Crippen LogP contribution >= 0.6 is 11.3 Å². The van der Waals surface area contributed by atoms with Crippen molar-refractivity contribution >= 4 is 22.2 Å². The molecule has 0 fully saturated rings. The van der Waals surface area contributed by atoms with Crippen molar-refractivity contribution in [2.24, 2.45) is 0 Å². The number of nitrogens with one attached hydrogen (secondary N) is 1. The van der Waals surface area contributed by atoms with Crippen LogP contribution in [0.2, 0.25) is 0 Å². The molecule has 24 heavy (non-hydrogen) atoms. The third-order valence-corrected chi connectivity index (χ3v) is 5.77. The molecular formula is C17H22N4O2S. The van der Waals surface area contributed by atoms with Crippen molar-refractivity contribution in [1.29, 1.82) is 0 Å². The van der Waals surface area contributed by atoms with Crippen molar-refractivity contribution in [3.05, 3.63) is 33.6 Å². The number of nitrogens with zero attached hydrogens (tertiary/aromatic N) is 3. The summed E-state index contributed by atoms with van der Waals surface area (Å²) in [4.78, 5) is 24.2. The highest BCUT2D eigenvalue weighted by molar-refractivity contribution is 7.16. The molecule has 0 saturated carbocycles. The van der Waals surface area contributed by atoms with Gasteiger partial charge in [0.2, 0.25) is 11.8 Å². The maximum Gasteiger partial charge on any atom is 0.239 e. The van der Waals surface area contributed by atoms with E-state index in [0.29, 0.717) is 19.0 Å². The number of aromatic nitrogens is 2. The van der Waals surface area contributed by atoms with Crippen LogP contribution in [0, 0.1) is 20.8 Å². The summed E-state index contributed by atoms with van der Waals surface area (Å²) < 4.78 is 5.32. The predicted molar refractivity (Wildman–Crippen MR) is 94.7 cm³/mol. The van der Waals surface area contributed by atoms with Gasteiger partial charge in [-0.15, -0.1) is 11.3 Å². The fraction of sp³-hybridized carbons (Fsp3) is 0.471. The molecule has 1 amide bonds. The number of aryl methyl sites for hydroxylation is 1. The smallest absolute Gasteiger partial charge is 0.239 e. The number of hydrogen-bond acceptors (Lipinski definition) is 6. The maximum absolute atomic E-state index is 12.4. The molecule has 0 saturated heterocycles. The van der Waals surface area contributed by atoms with Crippen LogP contribution in [0.3, 0.4) is 0 Å². The second-order valence-electron chi connectivity index (χ2n) is 6.05. The first-order chi connectivity index (χ1) is 11.5. The van der Waals surface area contributed by atoms with Crippen LogP contribution in [0.15, 0.2) is 6.33 Å². The van der Waals surface area contributed by atoms with Crippen LogP contribution in [0.5, 0.6) is 5.88 Å². The molecule has 0 radical (unpaired) electrons. The Morgan fingerprint density at radius 1 is 1.33 bits per heavy atom. The van der Waals surface area contributed by atoms with Crippen LogP contribution in [0.25, 0.3) is 0 Å². The first kappa shape index (κ1) is 16.9. The van der Waals surface area contributed by atoms with Gasteiger partial charge in [0.05, 0.1) is 24.3 Å². The van der Waals surface area contributed by atoms with Gasteiger partial charge in [-0.1, -0.05) is 0 Å². The highest BCUT2D eigenvalue weighted by Crippen LogP contribution is 2.31. The summed E-state index contributed by atoms with van der Waals surface area (Å²) in [6, 6.07) is 0. The summed E-state index contributed by atoms with van der Waals surface area (Å²) in [5.41, 5.74) is 4.41. The molecule has 0 aromatic carbocycles. The van der Waals surface area contributed by atoms with Crippen molar-refractivity contribution in [2.45, 2.75) is 33.7 Å². The second-order valence-corrected chi connectivity index (χ2v) is 7.28. The molecule has 2 aromatic rings. The number of rotatable bonds is 4. The molecule has 3 heterocycles. The summed E-state index contributed by atoms with van der Waals surface area (Å²) in [5.74, 6) is 0.615. The predicted octanol–water partition coefficient (Wildman–Crippen LogP) is 2.47. The number of hydrogen-bond donors (Lipinski definition) is 1. The zero-order chi connectivity index (χ0) is 17.3. The van der Waals surface area contributed by atoms with Crippen molar-refractivity contribution in [1.82, 2.24) is 14.9 Å². The van der Waals surface area contributed by atoms with Gasteiger partial charge in [0.25, 0.3) is 0 Å². The number of carbonyl (C=O) groups excluding carboxylic acids is 1. The summed E-state index contributed by atoms with van der Waals surface area (Å²) in [6.07, 6.45) is 2.34. The van der Waals surface area contributed by atoms with Crippen molar-refractivity contribution in [3.63, 3.8) is 0 Å². The van der Waals surface area contributed by atoms with Crippen LogP contribution in [-0.2, 0) is 17.8 Å². The molecule has 1 aliphatic rings. The molecule has 0 unspecified atom stereocenters. The molecule has 128 valence electrons. The molecule has 1 N–H and O–H groups in total. The lowest BCUT2D eigenvalue weighted by molar-refractivity contribution is -0.117. The molecule has 2 aromatic heterocycles.